The lowest BCUT2D eigenvalue weighted by molar-refractivity contribution is -0.118. The van der Waals surface area contributed by atoms with Crippen LogP contribution < -0.4 is 10.1 Å². The van der Waals surface area contributed by atoms with Crippen LogP contribution in [0.3, 0.4) is 0 Å². The largest absolute Gasteiger partial charge is 0.493 e. The van der Waals surface area contributed by atoms with Crippen molar-refractivity contribution < 1.29 is 23.8 Å². The lowest BCUT2D eigenvalue weighted by Crippen LogP contribution is -2.17. The molecular weight excluding hydrogens is 393 g/mol. The zero-order chi connectivity index (χ0) is 21.4. The van der Waals surface area contributed by atoms with Crippen LogP contribution in [0.25, 0.3) is 10.9 Å². The molecule has 8 nitrogen and oxygen atoms in total. The predicted octanol–water partition coefficient (Wildman–Crippen LogP) is 4.39. The molecule has 0 aliphatic carbocycles. The molecule has 0 saturated heterocycles. The summed E-state index contributed by atoms with van der Waals surface area (Å²) in [5, 5.41) is 16.8. The maximum atomic E-state index is 14.1. The van der Waals surface area contributed by atoms with Crippen LogP contribution in [0.1, 0.15) is 25.0 Å². The lowest BCUT2D eigenvalue weighted by atomic mass is 10.1. The van der Waals surface area contributed by atoms with E-state index in [-0.39, 0.29) is 43.3 Å². The molecule has 30 heavy (non-hydrogen) atoms. The number of anilines is 1. The Balaban J connectivity index is 1.82. The van der Waals surface area contributed by atoms with Crippen LogP contribution in [-0.2, 0) is 22.7 Å². The number of rotatable bonds is 5. The minimum absolute atomic E-state index is 0.0273. The molecule has 2 aromatic carbocycles. The van der Waals surface area contributed by atoms with Crippen LogP contribution >= 0.6 is 0 Å². The van der Waals surface area contributed by atoms with E-state index in [1.807, 2.05) is 0 Å². The van der Waals surface area contributed by atoms with Crippen LogP contribution in [0, 0.1) is 16.6 Å². The number of nitrogens with zero attached hydrogens (tertiary/aromatic N) is 2. The molecule has 0 bridgehead atoms. The highest BCUT2D eigenvalue weighted by Gasteiger charge is 2.22. The Kier molecular flexibility index (Phi) is 5.13. The number of carbonyl (C=O) groups is 1. The summed E-state index contributed by atoms with van der Waals surface area (Å²) in [5.74, 6) is -0.720. The first-order valence-corrected chi connectivity index (χ1v) is 9.40. The topological polar surface area (TPSA) is 102 Å². The predicted molar refractivity (Wildman–Crippen MR) is 108 cm³/mol. The van der Waals surface area contributed by atoms with Crippen molar-refractivity contribution in [3.8, 4) is 11.6 Å². The molecule has 1 amide bonds. The summed E-state index contributed by atoms with van der Waals surface area (Å²) in [6, 6.07) is 7.52. The number of hydrogen-bond donors (Lipinski definition) is 2. The van der Waals surface area contributed by atoms with E-state index in [0.717, 1.165) is 0 Å². The first-order chi connectivity index (χ1) is 14.4. The third kappa shape index (κ3) is 3.48. The van der Waals surface area contributed by atoms with Crippen LogP contribution in [0.5, 0.6) is 11.6 Å². The number of hydrogen-bond acceptors (Lipinski definition) is 6. The van der Waals surface area contributed by atoms with Gasteiger partial charge < -0.3 is 24.5 Å². The number of nitrogens with one attached hydrogen (secondary N) is 1. The Bertz CT molecular complexity index is 1160. The highest BCUT2D eigenvalue weighted by molar-refractivity contribution is 5.99. The quantitative estimate of drug-likeness (QED) is 0.604. The van der Waals surface area contributed by atoms with Crippen molar-refractivity contribution in [3.63, 3.8) is 0 Å². The number of amides is 1. The Hall–Kier alpha value is -3.46. The fourth-order valence-electron chi connectivity index (χ4n) is 3.48. The highest BCUT2D eigenvalue weighted by Crippen LogP contribution is 2.41. The van der Waals surface area contributed by atoms with Gasteiger partial charge in [-0.25, -0.2) is 4.39 Å². The van der Waals surface area contributed by atoms with Gasteiger partial charge in [0.2, 0.25) is 11.8 Å². The summed E-state index contributed by atoms with van der Waals surface area (Å²) < 4.78 is 26.3. The average molecular weight is 413 g/mol. The number of halogens is 1. The van der Waals surface area contributed by atoms with E-state index >= 15 is 0 Å². The molecule has 0 saturated carbocycles. The van der Waals surface area contributed by atoms with E-state index in [4.69, 9.17) is 9.47 Å². The van der Waals surface area contributed by atoms with Gasteiger partial charge in [-0.2, -0.15) is 0 Å². The zero-order valence-electron chi connectivity index (χ0n) is 16.4. The minimum atomic E-state index is -0.465. The van der Waals surface area contributed by atoms with E-state index in [2.05, 4.69) is 10.5 Å². The van der Waals surface area contributed by atoms with Gasteiger partial charge in [-0.1, -0.05) is 13.8 Å². The van der Waals surface area contributed by atoms with Gasteiger partial charge in [-0.05, 0) is 35.5 Å². The number of aromatic nitrogens is 1. The van der Waals surface area contributed by atoms with Gasteiger partial charge in [-0.3, -0.25) is 4.79 Å². The van der Waals surface area contributed by atoms with Crippen LogP contribution in [0.4, 0.5) is 15.8 Å². The number of aromatic hydroxyl groups is 1. The summed E-state index contributed by atoms with van der Waals surface area (Å²) >= 11 is 0. The summed E-state index contributed by atoms with van der Waals surface area (Å²) in [6.07, 6.45) is 0. The summed E-state index contributed by atoms with van der Waals surface area (Å²) in [5.41, 5.74) is 1.89. The normalized spacial score (nSPS) is 13.2. The smallest absolute Gasteiger partial charge is 0.226 e. The number of ether oxygens (including phenoxy) is 2. The van der Waals surface area contributed by atoms with E-state index in [1.165, 1.54) is 16.7 Å². The molecule has 1 aromatic heterocycles. The van der Waals surface area contributed by atoms with Crippen molar-refractivity contribution in [2.75, 3.05) is 12.1 Å². The van der Waals surface area contributed by atoms with Crippen LogP contribution in [0.2, 0.25) is 0 Å². The summed E-state index contributed by atoms with van der Waals surface area (Å²) in [6.45, 7) is 3.82. The van der Waals surface area contributed by atoms with Gasteiger partial charge in [0.25, 0.3) is 0 Å². The SMILES string of the molecule is CC(C)C(=O)Nc1ccc2c(N=O)c(O)n(Cc3cc(F)cc4c3OCOC4)c2c1. The molecule has 4 rings (SSSR count). The first kappa shape index (κ1) is 19.8. The average Bonchev–Trinajstić information content (AvgIpc) is 2.98. The number of fused-ring (bicyclic) bond motifs is 2. The van der Waals surface area contributed by atoms with E-state index in [1.54, 1.807) is 32.0 Å². The second kappa shape index (κ2) is 7.75. The Morgan fingerprint density at radius 3 is 2.87 bits per heavy atom. The molecule has 0 radical (unpaired) electrons. The molecular formula is C21H20FN3O5. The van der Waals surface area contributed by atoms with Crippen molar-refractivity contribution in [1.29, 1.82) is 0 Å². The van der Waals surface area contributed by atoms with Gasteiger partial charge in [0, 0.05) is 28.1 Å². The highest BCUT2D eigenvalue weighted by atomic mass is 19.1. The van der Waals surface area contributed by atoms with Gasteiger partial charge >= 0.3 is 0 Å². The van der Waals surface area contributed by atoms with Gasteiger partial charge in [0.15, 0.2) is 12.5 Å². The second-order valence-electron chi connectivity index (χ2n) is 7.39. The van der Waals surface area contributed by atoms with Crippen molar-refractivity contribution in [3.05, 3.63) is 52.2 Å². The molecule has 156 valence electrons. The monoisotopic (exact) mass is 413 g/mol. The molecule has 0 spiro atoms. The molecule has 0 unspecified atom stereocenters. The third-order valence-corrected chi connectivity index (χ3v) is 4.97. The Morgan fingerprint density at radius 2 is 2.13 bits per heavy atom. The van der Waals surface area contributed by atoms with Gasteiger partial charge in [-0.15, -0.1) is 4.91 Å². The molecule has 2 N–H and O–H groups in total. The zero-order valence-corrected chi connectivity index (χ0v) is 16.4. The lowest BCUT2D eigenvalue weighted by Gasteiger charge is -2.21. The fraction of sp³-hybridized carbons (Fsp3) is 0.286. The maximum Gasteiger partial charge on any atom is 0.226 e. The standard InChI is InChI=1S/C21H20FN3O5/c1-11(2)20(26)23-15-3-4-16-17(7-15)25(21(27)18(16)24-28)8-12-5-14(22)6-13-9-29-10-30-19(12)13/h3-7,11,27H,8-10H2,1-2H3,(H,23,26). The fourth-order valence-corrected chi connectivity index (χ4v) is 3.48. The second-order valence-corrected chi connectivity index (χ2v) is 7.39. The van der Waals surface area contributed by atoms with E-state index < -0.39 is 5.82 Å². The Morgan fingerprint density at radius 1 is 1.33 bits per heavy atom. The molecule has 0 fully saturated rings. The van der Waals surface area contributed by atoms with E-state index in [9.17, 15) is 19.2 Å². The summed E-state index contributed by atoms with van der Waals surface area (Å²) in [4.78, 5) is 23.4. The molecule has 9 heteroatoms. The van der Waals surface area contributed by atoms with Crippen LogP contribution in [0.15, 0.2) is 35.5 Å². The van der Waals surface area contributed by atoms with Crippen molar-refractivity contribution in [2.24, 2.45) is 11.1 Å². The van der Waals surface area contributed by atoms with Crippen molar-refractivity contribution in [2.45, 2.75) is 27.0 Å². The summed E-state index contributed by atoms with van der Waals surface area (Å²) in [7, 11) is 0. The number of nitroso groups, excluding NO2 is 1. The van der Waals surface area contributed by atoms with Gasteiger partial charge in [0.1, 0.15) is 11.6 Å². The van der Waals surface area contributed by atoms with E-state index in [0.29, 0.717) is 33.5 Å². The van der Waals surface area contributed by atoms with Crippen molar-refractivity contribution >= 4 is 28.2 Å². The molecule has 1 aliphatic rings. The maximum absolute atomic E-state index is 14.1. The third-order valence-electron chi connectivity index (χ3n) is 4.97. The first-order valence-electron chi connectivity index (χ1n) is 9.40. The van der Waals surface area contributed by atoms with Crippen LogP contribution in [-0.4, -0.2) is 22.4 Å². The number of carbonyl (C=O) groups excluding carboxylic acids is 1. The molecule has 0 atom stereocenters. The van der Waals surface area contributed by atoms with Gasteiger partial charge in [0.05, 0.1) is 18.7 Å². The molecule has 2 heterocycles. The minimum Gasteiger partial charge on any atom is -0.493 e. The Labute approximate surface area is 171 Å². The van der Waals surface area contributed by atoms with Crippen molar-refractivity contribution in [1.82, 2.24) is 4.57 Å². The number of benzene rings is 2. The molecule has 1 aliphatic heterocycles. The molecule has 3 aromatic rings.